The first-order valence-corrected chi connectivity index (χ1v) is 31.7. The van der Waals surface area contributed by atoms with Crippen molar-refractivity contribution in [3.63, 3.8) is 0 Å². The summed E-state index contributed by atoms with van der Waals surface area (Å²) in [4.78, 5) is 0. The Labute approximate surface area is 548 Å². The van der Waals surface area contributed by atoms with Gasteiger partial charge in [-0.05, 0) is 135 Å². The fourth-order valence-corrected chi connectivity index (χ4v) is 11.4. The summed E-state index contributed by atoms with van der Waals surface area (Å²) in [5.41, 5.74) is 15.4. The first-order valence-electron chi connectivity index (χ1n) is 31.7. The Kier molecular flexibility index (Phi) is 21.2. The molecule has 8 heteroatoms. The molecule has 9 rings (SSSR count). The van der Waals surface area contributed by atoms with Gasteiger partial charge >= 0.3 is 0 Å². The second kappa shape index (κ2) is 29.1. The van der Waals surface area contributed by atoms with Crippen LogP contribution in [-0.4, -0.2) is 26.4 Å². The van der Waals surface area contributed by atoms with Crippen LogP contribution in [0.25, 0.3) is 0 Å². The fraction of sp³-hybridized carbons (Fsp3) is 0.333. The molecular formula is C84H88O8. The highest BCUT2D eigenvalue weighted by Crippen LogP contribution is 2.46. The molecule has 0 spiro atoms. The molecule has 8 bridgehead atoms. The Hall–Kier alpha value is -9.60. The molecule has 0 radical (unpaired) electrons. The van der Waals surface area contributed by atoms with E-state index in [4.69, 9.17) is 63.6 Å². The van der Waals surface area contributed by atoms with E-state index in [0.29, 0.717) is 61.9 Å². The van der Waals surface area contributed by atoms with Gasteiger partial charge in [-0.3, -0.25) is 0 Å². The lowest BCUT2D eigenvalue weighted by molar-refractivity contribution is 0.291. The maximum Gasteiger partial charge on any atom is 0.148 e. The molecule has 1 aliphatic rings. The summed E-state index contributed by atoms with van der Waals surface area (Å²) in [5, 5.41) is 0. The van der Waals surface area contributed by atoms with Gasteiger partial charge in [0.05, 0.1) is 0 Å². The third kappa shape index (κ3) is 17.5. The van der Waals surface area contributed by atoms with Gasteiger partial charge in [-0.1, -0.05) is 216 Å². The molecule has 0 fully saturated rings. The van der Waals surface area contributed by atoms with Crippen LogP contribution < -0.4 is 37.9 Å². The zero-order valence-corrected chi connectivity index (χ0v) is 55.9. The molecule has 0 heterocycles. The van der Waals surface area contributed by atoms with Crippen LogP contribution in [0.3, 0.4) is 0 Å². The van der Waals surface area contributed by atoms with E-state index in [1.54, 1.807) is 12.1 Å². The van der Waals surface area contributed by atoms with Crippen LogP contribution in [0.15, 0.2) is 146 Å². The van der Waals surface area contributed by atoms with Gasteiger partial charge in [-0.2, -0.15) is 0 Å². The topological polar surface area (TPSA) is 73.8 Å². The number of hydrogen-bond acceptors (Lipinski definition) is 8. The van der Waals surface area contributed by atoms with Crippen LogP contribution >= 0.6 is 0 Å². The normalized spacial score (nSPS) is 12.3. The van der Waals surface area contributed by atoms with Crippen LogP contribution in [0.2, 0.25) is 0 Å². The molecular weight excluding hydrogens is 1140 g/mol. The molecule has 0 atom stereocenters. The monoisotopic (exact) mass is 1220 g/mol. The first kappa shape index (κ1) is 66.8. The molecule has 1 aliphatic carbocycles. The SMILES string of the molecule is C#CCOc1cc(COc2c3cc(C(C)(C)C)cc2Cc2cc(C(C)(C)C)cc(c2OCc2ccccc2)Cc2cc(C(C)(C)C)cc(c2OCc2cc(OCC#C)cc(OCC#C)c2)Cc2cc(C(C)(C)C)cc(c2OCc2ccccc2)C3)cc(OCC#C)c1. The van der Waals surface area contributed by atoms with Gasteiger partial charge in [0.2, 0.25) is 0 Å². The van der Waals surface area contributed by atoms with Crippen molar-refractivity contribution in [3.05, 3.63) is 235 Å². The van der Waals surface area contributed by atoms with Gasteiger partial charge in [0.1, 0.15) is 98.9 Å². The van der Waals surface area contributed by atoms with Gasteiger partial charge < -0.3 is 37.9 Å². The lowest BCUT2D eigenvalue weighted by Gasteiger charge is -2.29. The van der Waals surface area contributed by atoms with E-state index in [1.165, 1.54) is 0 Å². The van der Waals surface area contributed by atoms with E-state index in [1.807, 2.05) is 36.4 Å². The average Bonchev–Trinajstić information content (AvgIpc) is 0.771. The van der Waals surface area contributed by atoms with Crippen LogP contribution in [0, 0.1) is 49.4 Å². The highest BCUT2D eigenvalue weighted by Gasteiger charge is 2.30. The molecule has 8 aromatic carbocycles. The van der Waals surface area contributed by atoms with Crippen molar-refractivity contribution in [2.24, 2.45) is 0 Å². The van der Waals surface area contributed by atoms with Gasteiger partial charge in [-0.25, -0.2) is 0 Å². The molecule has 0 saturated carbocycles. The zero-order valence-electron chi connectivity index (χ0n) is 55.9. The molecule has 0 aromatic heterocycles. The summed E-state index contributed by atoms with van der Waals surface area (Å²) in [6.45, 7) is 28.6. The minimum absolute atomic E-state index is 0.0797. The number of rotatable bonds is 20. The Morgan fingerprint density at radius 3 is 0.674 bits per heavy atom. The predicted octanol–water partition coefficient (Wildman–Crippen LogP) is 17.9. The van der Waals surface area contributed by atoms with Gasteiger partial charge in [0, 0.05) is 37.8 Å². The Morgan fingerprint density at radius 1 is 0.272 bits per heavy atom. The van der Waals surface area contributed by atoms with Crippen molar-refractivity contribution >= 4 is 0 Å². The molecule has 472 valence electrons. The number of ether oxygens (including phenoxy) is 8. The molecule has 8 aromatic rings. The second-order valence-corrected chi connectivity index (χ2v) is 27.9. The minimum atomic E-state index is -0.279. The Morgan fingerprint density at radius 2 is 0.478 bits per heavy atom. The molecule has 0 unspecified atom stereocenters. The van der Waals surface area contributed by atoms with Crippen LogP contribution in [-0.2, 0) is 73.8 Å². The lowest BCUT2D eigenvalue weighted by Crippen LogP contribution is -2.17. The quantitative estimate of drug-likeness (QED) is 0.0699. The van der Waals surface area contributed by atoms with E-state index in [9.17, 15) is 0 Å². The highest BCUT2D eigenvalue weighted by atomic mass is 16.5. The predicted molar refractivity (Wildman–Crippen MR) is 372 cm³/mol. The molecule has 0 saturated heterocycles. The molecule has 92 heavy (non-hydrogen) atoms. The summed E-state index contributed by atoms with van der Waals surface area (Å²) >= 11 is 0. The number of terminal acetylenes is 4. The van der Waals surface area contributed by atoms with E-state index in [-0.39, 0.29) is 61.3 Å². The Balaban J connectivity index is 1.37. The summed E-state index contributed by atoms with van der Waals surface area (Å²) in [6, 6.07) is 50.9. The molecule has 0 amide bonds. The van der Waals surface area contributed by atoms with E-state index >= 15 is 0 Å². The van der Waals surface area contributed by atoms with Gasteiger partial charge in [0.15, 0.2) is 0 Å². The van der Waals surface area contributed by atoms with Crippen molar-refractivity contribution in [2.75, 3.05) is 26.4 Å². The maximum absolute atomic E-state index is 7.45. The molecule has 0 aliphatic heterocycles. The second-order valence-electron chi connectivity index (χ2n) is 27.9. The van der Waals surface area contributed by atoms with Crippen molar-refractivity contribution in [2.45, 2.75) is 157 Å². The smallest absolute Gasteiger partial charge is 0.148 e. The third-order valence-corrected chi connectivity index (χ3v) is 16.3. The third-order valence-electron chi connectivity index (χ3n) is 16.3. The lowest BCUT2D eigenvalue weighted by atomic mass is 9.79. The minimum Gasteiger partial charge on any atom is -0.488 e. The van der Waals surface area contributed by atoms with Crippen molar-refractivity contribution in [1.29, 1.82) is 0 Å². The largest absolute Gasteiger partial charge is 0.488 e. The number of fused-ring (bicyclic) bond motifs is 8. The zero-order chi connectivity index (χ0) is 65.8. The molecule has 8 nitrogen and oxygen atoms in total. The average molecular weight is 1230 g/mol. The van der Waals surface area contributed by atoms with Gasteiger partial charge in [0.25, 0.3) is 0 Å². The first-order chi connectivity index (χ1) is 43.9. The van der Waals surface area contributed by atoms with Crippen molar-refractivity contribution in [1.82, 2.24) is 0 Å². The van der Waals surface area contributed by atoms with E-state index < -0.39 is 0 Å². The van der Waals surface area contributed by atoms with E-state index in [0.717, 1.165) is 112 Å². The highest BCUT2D eigenvalue weighted by molar-refractivity contribution is 5.60. The van der Waals surface area contributed by atoms with Crippen LogP contribution in [0.5, 0.6) is 46.0 Å². The summed E-state index contributed by atoms with van der Waals surface area (Å²) in [7, 11) is 0. The summed E-state index contributed by atoms with van der Waals surface area (Å²) < 4.78 is 53.8. The number of hydrogen-bond donors (Lipinski definition) is 0. The van der Waals surface area contributed by atoms with Crippen molar-refractivity contribution < 1.29 is 37.9 Å². The van der Waals surface area contributed by atoms with Crippen molar-refractivity contribution in [3.8, 4) is 95.4 Å². The summed E-state index contributed by atoms with van der Waals surface area (Å²) in [6.07, 6.45) is 24.7. The van der Waals surface area contributed by atoms with Crippen LogP contribution in [0.4, 0.5) is 0 Å². The standard InChI is InChI=1S/C84H88O8/c1-17-31-85-73-35-59(36-74(51-73)86-32-18-2)55-91-79-65-39-61-43-69(81(5,6)7)45-63(77(61)89-53-57-27-23-21-24-28-57)41-67-49-72(84(14,15)16)50-68(80(67)92-56-60-37-75(87-33-19-3)52-76(38-60)88-34-20-4)42-64-46-70(82(8,9)10)44-62(40-66(79)48-71(47-65)83(11,12)13)78(64)90-54-58-29-25-22-26-30-58/h1-4,21-30,35-38,43-52H,31-34,39-42,53-56H2,5-16H3. The maximum atomic E-state index is 7.45. The fourth-order valence-electron chi connectivity index (χ4n) is 11.4. The Bertz CT molecular complexity index is 3640. The van der Waals surface area contributed by atoms with Crippen LogP contribution in [0.1, 0.15) is 172 Å². The number of benzene rings is 8. The molecule has 0 N–H and O–H groups in total. The summed E-state index contributed by atoms with van der Waals surface area (Å²) in [5.74, 6) is 15.7. The van der Waals surface area contributed by atoms with Gasteiger partial charge in [-0.15, -0.1) is 25.7 Å². The van der Waals surface area contributed by atoms with E-state index in [2.05, 4.69) is 204 Å².